The highest BCUT2D eigenvalue weighted by atomic mass is 15.6. The Hall–Kier alpha value is -2.37. The Morgan fingerprint density at radius 3 is 0.909 bits per heavy atom. The summed E-state index contributed by atoms with van der Waals surface area (Å²) in [5.41, 5.74) is 7.35. The molecular weight excluding hydrogens is 540 g/mol. The second kappa shape index (κ2) is 15.3. The number of rotatable bonds is 17. The Bertz CT molecular complexity index is 1150. The quantitative estimate of drug-likeness (QED) is 0.154. The van der Waals surface area contributed by atoms with E-state index in [1.807, 2.05) is 0 Å². The number of hydrogen-bond acceptors (Lipinski definition) is 3. The van der Waals surface area contributed by atoms with Crippen molar-refractivity contribution in [3.63, 3.8) is 0 Å². The van der Waals surface area contributed by atoms with Gasteiger partial charge < -0.3 is 0 Å². The maximum Gasteiger partial charge on any atom is 0.252 e. The van der Waals surface area contributed by atoms with Crippen LogP contribution in [-0.2, 0) is 44.3 Å². The minimum absolute atomic E-state index is 0.177. The Labute approximate surface area is 270 Å². The van der Waals surface area contributed by atoms with Gasteiger partial charge in [-0.25, -0.2) is 14.0 Å². The van der Waals surface area contributed by atoms with E-state index in [2.05, 4.69) is 129 Å². The molecule has 1 atom stereocenters. The lowest BCUT2D eigenvalue weighted by atomic mass is 9.96. The van der Waals surface area contributed by atoms with Crippen LogP contribution >= 0.6 is 0 Å². The first-order valence-electron chi connectivity index (χ1n) is 17.8. The maximum atomic E-state index is 5.57. The van der Waals surface area contributed by atoms with Crippen LogP contribution in [0.5, 0.6) is 0 Å². The molecule has 1 unspecified atom stereocenters. The fraction of sp³-hybridized carbons (Fsp3) is 0.763. The summed E-state index contributed by atoms with van der Waals surface area (Å²) < 4.78 is 7.18. The third-order valence-corrected chi connectivity index (χ3v) is 8.41. The lowest BCUT2D eigenvalue weighted by Crippen LogP contribution is -2.56. The second-order valence-corrected chi connectivity index (χ2v) is 16.2. The summed E-state index contributed by atoms with van der Waals surface area (Å²) in [4.78, 5) is 0. The van der Waals surface area contributed by atoms with Crippen molar-refractivity contribution in [1.29, 1.82) is 0 Å². The number of nitrogens with zero attached hydrogens (tertiary/aromatic N) is 6. The molecule has 3 aromatic heterocycles. The zero-order valence-corrected chi connectivity index (χ0v) is 30.9. The fourth-order valence-corrected chi connectivity index (χ4v) is 6.69. The van der Waals surface area contributed by atoms with Crippen molar-refractivity contribution in [2.75, 3.05) is 0 Å². The first kappa shape index (κ1) is 36.1. The molecule has 0 aliphatic heterocycles. The molecule has 0 fully saturated rings. The van der Waals surface area contributed by atoms with Crippen LogP contribution in [0.2, 0.25) is 0 Å². The summed E-state index contributed by atoms with van der Waals surface area (Å²) in [6.07, 6.45) is 6.74. The highest BCUT2D eigenvalue weighted by Crippen LogP contribution is 2.38. The molecule has 248 valence electrons. The van der Waals surface area contributed by atoms with Crippen LogP contribution in [0.1, 0.15) is 138 Å². The average Bonchev–Trinajstić information content (AvgIpc) is 3.56. The van der Waals surface area contributed by atoms with E-state index in [-0.39, 0.29) is 5.92 Å². The Morgan fingerprint density at radius 1 is 0.455 bits per heavy atom. The smallest absolute Gasteiger partial charge is 0.221 e. The third-order valence-electron chi connectivity index (χ3n) is 8.41. The van der Waals surface area contributed by atoms with Gasteiger partial charge >= 0.3 is 0 Å². The monoisotopic (exact) mass is 607 g/mol. The third kappa shape index (κ3) is 8.46. The van der Waals surface area contributed by atoms with Crippen LogP contribution in [0.4, 0.5) is 0 Å². The standard InChI is InChI=1S/C38H66N6/c1-15-31(14)38(42-35(19-28(8)9)22-32(39-42)16-25(2)3,43-36(20-29(10)11)23-33(40-43)17-26(4)5)44-37(21-30(12)13)24-34(41-44)18-27(6)7/h22-31H,15-21H2,1-14H3. The van der Waals surface area contributed by atoms with Crippen molar-refractivity contribution < 1.29 is 0 Å². The Morgan fingerprint density at radius 2 is 0.705 bits per heavy atom. The van der Waals surface area contributed by atoms with Gasteiger partial charge in [-0.05, 0) is 98.7 Å². The van der Waals surface area contributed by atoms with Gasteiger partial charge in [0.25, 0.3) is 5.79 Å². The van der Waals surface area contributed by atoms with Crippen LogP contribution in [-0.4, -0.2) is 29.3 Å². The Kier molecular flexibility index (Phi) is 12.5. The summed E-state index contributed by atoms with van der Waals surface area (Å²) in [5, 5.41) is 16.7. The normalized spacial score (nSPS) is 13.6. The van der Waals surface area contributed by atoms with Crippen molar-refractivity contribution in [1.82, 2.24) is 29.3 Å². The molecule has 6 heteroatoms. The van der Waals surface area contributed by atoms with Gasteiger partial charge in [0.15, 0.2) is 0 Å². The van der Waals surface area contributed by atoms with Crippen LogP contribution in [0, 0.1) is 41.4 Å². The predicted molar refractivity (Wildman–Crippen MR) is 186 cm³/mol. The van der Waals surface area contributed by atoms with Crippen molar-refractivity contribution in [3.8, 4) is 0 Å². The van der Waals surface area contributed by atoms with E-state index >= 15 is 0 Å². The molecule has 0 aliphatic carbocycles. The SMILES string of the molecule is CCC(C)C(n1nc(CC(C)C)cc1CC(C)C)(n1nc(CC(C)C)cc1CC(C)C)n1nc(CC(C)C)cc1CC(C)C. The minimum atomic E-state index is -0.743. The van der Waals surface area contributed by atoms with E-state index in [1.165, 1.54) is 34.2 Å². The second-order valence-electron chi connectivity index (χ2n) is 16.2. The van der Waals surface area contributed by atoms with Crippen LogP contribution in [0.25, 0.3) is 0 Å². The molecule has 0 bridgehead atoms. The van der Waals surface area contributed by atoms with Gasteiger partial charge in [0.1, 0.15) is 0 Å². The van der Waals surface area contributed by atoms with Crippen molar-refractivity contribution in [3.05, 3.63) is 52.4 Å². The van der Waals surface area contributed by atoms with Crippen molar-refractivity contribution in [2.45, 2.75) is 148 Å². The van der Waals surface area contributed by atoms with Gasteiger partial charge in [0.2, 0.25) is 0 Å². The van der Waals surface area contributed by atoms with Crippen molar-refractivity contribution >= 4 is 0 Å². The molecule has 0 amide bonds. The van der Waals surface area contributed by atoms with E-state index < -0.39 is 5.79 Å². The van der Waals surface area contributed by atoms with Gasteiger partial charge in [-0.1, -0.05) is 96.9 Å². The average molecular weight is 607 g/mol. The molecule has 0 N–H and O–H groups in total. The number of aromatic nitrogens is 6. The Balaban J connectivity index is 2.59. The molecule has 44 heavy (non-hydrogen) atoms. The topological polar surface area (TPSA) is 53.5 Å². The lowest BCUT2D eigenvalue weighted by Gasteiger charge is -2.43. The molecule has 6 nitrogen and oxygen atoms in total. The molecule has 0 radical (unpaired) electrons. The fourth-order valence-electron chi connectivity index (χ4n) is 6.69. The van der Waals surface area contributed by atoms with Gasteiger partial charge in [-0.2, -0.15) is 15.3 Å². The van der Waals surface area contributed by atoms with E-state index in [0.29, 0.717) is 35.5 Å². The number of hydrogen-bond donors (Lipinski definition) is 0. The van der Waals surface area contributed by atoms with Gasteiger partial charge in [-0.15, -0.1) is 0 Å². The van der Waals surface area contributed by atoms with E-state index in [4.69, 9.17) is 15.3 Å². The van der Waals surface area contributed by atoms with E-state index in [0.717, 1.165) is 44.9 Å². The molecular formula is C38H66N6. The summed E-state index contributed by atoms with van der Waals surface area (Å²) >= 11 is 0. The highest BCUT2D eigenvalue weighted by Gasteiger charge is 2.48. The molecule has 0 aliphatic rings. The first-order chi connectivity index (χ1) is 20.6. The van der Waals surface area contributed by atoms with Crippen LogP contribution in [0.3, 0.4) is 0 Å². The molecule has 0 saturated carbocycles. The first-order valence-corrected chi connectivity index (χ1v) is 17.8. The van der Waals surface area contributed by atoms with Gasteiger partial charge in [-0.3, -0.25) is 0 Å². The lowest BCUT2D eigenvalue weighted by molar-refractivity contribution is 0.0334. The molecule has 0 saturated heterocycles. The molecule has 3 heterocycles. The summed E-state index contributed by atoms with van der Waals surface area (Å²) in [6.45, 7) is 32.4. The van der Waals surface area contributed by atoms with Crippen LogP contribution in [0.15, 0.2) is 18.2 Å². The largest absolute Gasteiger partial charge is 0.252 e. The van der Waals surface area contributed by atoms with E-state index in [9.17, 15) is 0 Å². The molecule has 0 spiro atoms. The molecule has 3 rings (SSSR count). The zero-order valence-electron chi connectivity index (χ0n) is 30.9. The molecule has 3 aromatic rings. The predicted octanol–water partition coefficient (Wildman–Crippen LogP) is 9.22. The van der Waals surface area contributed by atoms with Gasteiger partial charge in [0.05, 0.1) is 17.1 Å². The summed E-state index contributed by atoms with van der Waals surface area (Å²) in [6, 6.07) is 7.16. The van der Waals surface area contributed by atoms with Gasteiger partial charge in [0, 0.05) is 23.0 Å². The summed E-state index contributed by atoms with van der Waals surface area (Å²) in [5.74, 6) is 2.52. The minimum Gasteiger partial charge on any atom is -0.221 e. The summed E-state index contributed by atoms with van der Waals surface area (Å²) in [7, 11) is 0. The zero-order chi connectivity index (χ0) is 32.9. The van der Waals surface area contributed by atoms with E-state index in [1.54, 1.807) is 0 Å². The maximum absolute atomic E-state index is 5.57. The highest BCUT2D eigenvalue weighted by molar-refractivity contribution is 5.23. The molecule has 0 aromatic carbocycles. The van der Waals surface area contributed by atoms with Crippen LogP contribution < -0.4 is 0 Å². The van der Waals surface area contributed by atoms with Crippen molar-refractivity contribution in [2.24, 2.45) is 41.4 Å².